The maximum Gasteiger partial charge on any atom is 0.418 e. The molecule has 0 radical (unpaired) electrons. The third kappa shape index (κ3) is 4.01. The average Bonchev–Trinajstić information content (AvgIpc) is 2.74. The summed E-state index contributed by atoms with van der Waals surface area (Å²) in [6, 6.07) is 8.00. The van der Waals surface area contributed by atoms with E-state index < -0.39 is 23.0 Å². The molecule has 1 aromatic carbocycles. The van der Waals surface area contributed by atoms with Crippen LogP contribution in [-0.4, -0.2) is 15.0 Å². The molecule has 0 spiro atoms. The van der Waals surface area contributed by atoms with E-state index in [2.05, 4.69) is 15.0 Å². The zero-order valence-electron chi connectivity index (χ0n) is 17.2. The largest absolute Gasteiger partial charge is 0.438 e. The highest BCUT2D eigenvalue weighted by molar-refractivity contribution is 5.86. The summed E-state index contributed by atoms with van der Waals surface area (Å²) >= 11 is 0. The molecule has 33 heavy (non-hydrogen) atoms. The molecule has 10 heteroatoms. The van der Waals surface area contributed by atoms with Crippen LogP contribution in [0.4, 0.5) is 17.6 Å². The summed E-state index contributed by atoms with van der Waals surface area (Å²) in [5, 5.41) is 9.24. The van der Waals surface area contributed by atoms with Crippen molar-refractivity contribution in [2.75, 3.05) is 0 Å². The zero-order valence-corrected chi connectivity index (χ0v) is 17.2. The maximum absolute atomic E-state index is 13.6. The highest BCUT2D eigenvalue weighted by atomic mass is 19.4. The summed E-state index contributed by atoms with van der Waals surface area (Å²) in [5.41, 5.74) is -1.43. The fourth-order valence-electron chi connectivity index (χ4n) is 3.51. The number of aromatic nitrogens is 3. The number of nitriles is 1. The fraction of sp³-hybridized carbons (Fsp3) is 0.130. The Morgan fingerprint density at radius 2 is 1.88 bits per heavy atom. The van der Waals surface area contributed by atoms with E-state index in [1.165, 1.54) is 31.3 Å². The van der Waals surface area contributed by atoms with Gasteiger partial charge in [-0.15, -0.1) is 0 Å². The van der Waals surface area contributed by atoms with Crippen LogP contribution in [0.1, 0.15) is 22.4 Å². The Morgan fingerprint density at radius 1 is 1.12 bits per heavy atom. The number of aryl methyl sites for hydroxylation is 1. The smallest absolute Gasteiger partial charge is 0.418 e. The van der Waals surface area contributed by atoms with Crippen molar-refractivity contribution in [2.24, 2.45) is 0 Å². The normalized spacial score (nSPS) is 11.4. The number of halogens is 4. The predicted molar refractivity (Wildman–Crippen MR) is 111 cm³/mol. The first-order valence-corrected chi connectivity index (χ1v) is 9.53. The minimum Gasteiger partial charge on any atom is -0.438 e. The molecule has 4 aromatic rings. The summed E-state index contributed by atoms with van der Waals surface area (Å²) in [6.45, 7) is 2.81. The lowest BCUT2D eigenvalue weighted by molar-refractivity contribution is -0.138. The Hall–Kier alpha value is -4.26. The van der Waals surface area contributed by atoms with Gasteiger partial charge in [-0.05, 0) is 49.2 Å². The van der Waals surface area contributed by atoms with Crippen LogP contribution >= 0.6 is 0 Å². The molecule has 0 amide bonds. The Kier molecular flexibility index (Phi) is 5.33. The Morgan fingerprint density at radius 3 is 2.55 bits per heavy atom. The van der Waals surface area contributed by atoms with Crippen molar-refractivity contribution < 1.29 is 22.3 Å². The number of alkyl halides is 3. The van der Waals surface area contributed by atoms with Gasteiger partial charge in [-0.25, -0.2) is 14.4 Å². The second kappa shape index (κ2) is 8.02. The molecular weight excluding hydrogens is 440 g/mol. The van der Waals surface area contributed by atoms with E-state index >= 15 is 0 Å². The van der Waals surface area contributed by atoms with Crippen LogP contribution in [0, 0.1) is 31.0 Å². The lowest BCUT2D eigenvalue weighted by Crippen LogP contribution is -2.12. The number of nitrogens with zero attached hydrogens (tertiary/aromatic N) is 3. The number of hydrogen-bond donors (Lipinski definition) is 1. The van der Waals surface area contributed by atoms with Crippen molar-refractivity contribution in [3.05, 3.63) is 81.2 Å². The molecule has 6 nitrogen and oxygen atoms in total. The highest BCUT2D eigenvalue weighted by Gasteiger charge is 2.35. The molecule has 0 aliphatic heterocycles. The summed E-state index contributed by atoms with van der Waals surface area (Å²) < 4.78 is 60.0. The Labute approximate surface area is 184 Å². The van der Waals surface area contributed by atoms with Gasteiger partial charge in [0.25, 0.3) is 0 Å². The van der Waals surface area contributed by atoms with Gasteiger partial charge in [-0.2, -0.15) is 18.4 Å². The third-order valence-corrected chi connectivity index (χ3v) is 5.07. The van der Waals surface area contributed by atoms with Crippen molar-refractivity contribution in [3.63, 3.8) is 0 Å². The van der Waals surface area contributed by atoms with Crippen LogP contribution in [-0.2, 0) is 6.18 Å². The molecule has 0 aliphatic rings. The van der Waals surface area contributed by atoms with Gasteiger partial charge in [0.1, 0.15) is 17.6 Å². The number of pyridine rings is 3. The van der Waals surface area contributed by atoms with Crippen LogP contribution in [0.5, 0.6) is 11.6 Å². The molecule has 0 aliphatic carbocycles. The summed E-state index contributed by atoms with van der Waals surface area (Å²) in [6.07, 6.45) is -2.76. The number of hydrogen-bond acceptors (Lipinski definition) is 5. The second-order valence-electron chi connectivity index (χ2n) is 7.23. The van der Waals surface area contributed by atoms with Crippen molar-refractivity contribution >= 4 is 10.9 Å². The minimum absolute atomic E-state index is 0.00783. The number of H-pyrrole nitrogens is 1. The summed E-state index contributed by atoms with van der Waals surface area (Å²) in [5.74, 6) is -0.527. The van der Waals surface area contributed by atoms with E-state index in [9.17, 15) is 27.6 Å². The number of rotatable bonds is 3. The van der Waals surface area contributed by atoms with E-state index in [1.807, 2.05) is 6.07 Å². The van der Waals surface area contributed by atoms with E-state index in [1.54, 1.807) is 6.92 Å². The molecule has 1 N–H and O–H groups in total. The number of ether oxygens (including phenoxy) is 1. The molecule has 0 atom stereocenters. The van der Waals surface area contributed by atoms with Crippen molar-refractivity contribution in [3.8, 4) is 29.0 Å². The molecule has 166 valence electrons. The number of nitrogens with one attached hydrogen (secondary N) is 1. The molecule has 4 rings (SSSR count). The van der Waals surface area contributed by atoms with E-state index in [0.717, 1.165) is 12.1 Å². The van der Waals surface area contributed by atoms with Gasteiger partial charge < -0.3 is 9.72 Å². The van der Waals surface area contributed by atoms with E-state index in [-0.39, 0.29) is 45.0 Å². The monoisotopic (exact) mass is 454 g/mol. The average molecular weight is 454 g/mol. The van der Waals surface area contributed by atoms with Crippen LogP contribution in [0.2, 0.25) is 0 Å². The van der Waals surface area contributed by atoms with Gasteiger partial charge in [0.15, 0.2) is 11.1 Å². The fourth-order valence-corrected chi connectivity index (χ4v) is 3.51. The number of fused-ring (bicyclic) bond motifs is 1. The first-order chi connectivity index (χ1) is 15.6. The molecule has 0 fully saturated rings. The van der Waals surface area contributed by atoms with Crippen molar-refractivity contribution in [1.29, 1.82) is 5.26 Å². The van der Waals surface area contributed by atoms with Gasteiger partial charge in [0, 0.05) is 18.5 Å². The standard InChI is InChI=1S/C23H14F4N4O2/c1-11-7-13(24)3-4-19(11)33-22-20(12(2)14(10-30-22)23(25,26)27)16-8-18(32)21-15(31-16)5-6-29-17(21)9-28/h3-8,10H,1-2H3,(H,31,32). The second-order valence-corrected chi connectivity index (χ2v) is 7.23. The maximum atomic E-state index is 13.6. The predicted octanol–water partition coefficient (Wildman–Crippen LogP) is 5.42. The number of aromatic amines is 1. The van der Waals surface area contributed by atoms with Crippen molar-refractivity contribution in [1.82, 2.24) is 15.0 Å². The lowest BCUT2D eigenvalue weighted by atomic mass is 10.0. The van der Waals surface area contributed by atoms with Crippen LogP contribution in [0.3, 0.4) is 0 Å². The Balaban J connectivity index is 1.99. The molecule has 0 saturated heterocycles. The van der Waals surface area contributed by atoms with Crippen LogP contribution in [0.25, 0.3) is 22.2 Å². The molecule has 0 unspecified atom stereocenters. The lowest BCUT2D eigenvalue weighted by Gasteiger charge is -2.18. The SMILES string of the molecule is Cc1cc(F)ccc1Oc1ncc(C(F)(F)F)c(C)c1-c1cc(=O)c2c(C#N)nccc2[nH]1. The summed E-state index contributed by atoms with van der Waals surface area (Å²) in [4.78, 5) is 23.4. The molecule has 3 aromatic heterocycles. The minimum atomic E-state index is -4.70. The first-order valence-electron chi connectivity index (χ1n) is 9.53. The van der Waals surface area contributed by atoms with Crippen LogP contribution < -0.4 is 10.2 Å². The highest BCUT2D eigenvalue weighted by Crippen LogP contribution is 2.41. The van der Waals surface area contributed by atoms with Gasteiger partial charge in [-0.3, -0.25) is 4.79 Å². The molecule has 0 bridgehead atoms. The van der Waals surface area contributed by atoms with E-state index in [4.69, 9.17) is 4.74 Å². The first kappa shape index (κ1) is 22.0. The quantitative estimate of drug-likeness (QED) is 0.417. The van der Waals surface area contributed by atoms with Gasteiger partial charge >= 0.3 is 6.18 Å². The van der Waals surface area contributed by atoms with Gasteiger partial charge in [0.05, 0.1) is 27.7 Å². The summed E-state index contributed by atoms with van der Waals surface area (Å²) in [7, 11) is 0. The zero-order chi connectivity index (χ0) is 23.9. The number of benzene rings is 1. The van der Waals surface area contributed by atoms with Gasteiger partial charge in [0.2, 0.25) is 5.88 Å². The topological polar surface area (TPSA) is 91.7 Å². The molecule has 0 saturated carbocycles. The van der Waals surface area contributed by atoms with Crippen LogP contribution in [0.15, 0.2) is 47.5 Å². The third-order valence-electron chi connectivity index (χ3n) is 5.07. The van der Waals surface area contributed by atoms with E-state index in [0.29, 0.717) is 11.8 Å². The van der Waals surface area contributed by atoms with Crippen molar-refractivity contribution in [2.45, 2.75) is 20.0 Å². The molecule has 3 heterocycles. The van der Waals surface area contributed by atoms with Gasteiger partial charge in [-0.1, -0.05) is 0 Å². The molecular formula is C23H14F4N4O2. The Bertz CT molecular complexity index is 1500.